The van der Waals surface area contributed by atoms with Crippen molar-refractivity contribution in [3.63, 3.8) is 0 Å². The third-order valence-corrected chi connectivity index (χ3v) is 3.43. The summed E-state index contributed by atoms with van der Waals surface area (Å²) in [5.41, 5.74) is 4.61. The van der Waals surface area contributed by atoms with Crippen molar-refractivity contribution in [3.05, 3.63) is 53.2 Å². The van der Waals surface area contributed by atoms with Crippen LogP contribution in [0.1, 0.15) is 16.7 Å². The fourth-order valence-corrected chi connectivity index (χ4v) is 2.55. The average Bonchev–Trinajstić information content (AvgIpc) is 2.82. The standard InChI is InChI=1S/C15H16N2O/c1-11-8-12(10-18)9-16-15(11)17-7-6-13-4-2-3-5-14(13)17/h2-5,8-9,18H,6-7,10H2,1H3. The summed E-state index contributed by atoms with van der Waals surface area (Å²) in [6, 6.07) is 10.5. The number of hydrogen-bond acceptors (Lipinski definition) is 3. The lowest BCUT2D eigenvalue weighted by Gasteiger charge is -2.20. The van der Waals surface area contributed by atoms with Gasteiger partial charge in [-0.1, -0.05) is 18.2 Å². The summed E-state index contributed by atoms with van der Waals surface area (Å²) in [6.45, 7) is 3.07. The number of rotatable bonds is 2. The number of aryl methyl sites for hydroxylation is 1. The second kappa shape index (κ2) is 4.42. The Kier molecular flexibility index (Phi) is 2.76. The van der Waals surface area contributed by atoms with Crippen molar-refractivity contribution in [2.75, 3.05) is 11.4 Å². The Balaban J connectivity index is 2.02. The van der Waals surface area contributed by atoms with Gasteiger partial charge in [0.15, 0.2) is 0 Å². The van der Waals surface area contributed by atoms with E-state index in [2.05, 4.69) is 34.1 Å². The third-order valence-electron chi connectivity index (χ3n) is 3.43. The predicted molar refractivity (Wildman–Crippen MR) is 72.0 cm³/mol. The van der Waals surface area contributed by atoms with E-state index in [1.54, 1.807) is 6.20 Å². The van der Waals surface area contributed by atoms with Crippen molar-refractivity contribution in [1.29, 1.82) is 0 Å². The fraction of sp³-hybridized carbons (Fsp3) is 0.267. The van der Waals surface area contributed by atoms with Crippen LogP contribution < -0.4 is 4.90 Å². The third kappa shape index (κ3) is 1.77. The Morgan fingerprint density at radius 2 is 2.17 bits per heavy atom. The summed E-state index contributed by atoms with van der Waals surface area (Å²) in [4.78, 5) is 6.75. The molecule has 0 amide bonds. The second-order valence-electron chi connectivity index (χ2n) is 4.67. The summed E-state index contributed by atoms with van der Waals surface area (Å²) in [5.74, 6) is 0.997. The SMILES string of the molecule is Cc1cc(CO)cnc1N1CCc2ccccc21. The summed E-state index contributed by atoms with van der Waals surface area (Å²) < 4.78 is 0. The van der Waals surface area contributed by atoms with E-state index >= 15 is 0 Å². The molecule has 3 heteroatoms. The van der Waals surface area contributed by atoms with Gasteiger partial charge in [0, 0.05) is 18.4 Å². The molecule has 0 bridgehead atoms. The zero-order valence-electron chi connectivity index (χ0n) is 10.4. The molecule has 1 N–H and O–H groups in total. The first kappa shape index (κ1) is 11.2. The topological polar surface area (TPSA) is 36.4 Å². The van der Waals surface area contributed by atoms with Crippen LogP contribution in [0.15, 0.2) is 36.5 Å². The smallest absolute Gasteiger partial charge is 0.135 e. The molecule has 0 atom stereocenters. The maximum atomic E-state index is 9.12. The van der Waals surface area contributed by atoms with Gasteiger partial charge in [-0.3, -0.25) is 0 Å². The highest BCUT2D eigenvalue weighted by molar-refractivity contribution is 5.69. The van der Waals surface area contributed by atoms with Gasteiger partial charge in [-0.25, -0.2) is 4.98 Å². The summed E-state index contributed by atoms with van der Waals surface area (Å²) in [7, 11) is 0. The second-order valence-corrected chi connectivity index (χ2v) is 4.67. The largest absolute Gasteiger partial charge is 0.392 e. The number of hydrogen-bond donors (Lipinski definition) is 1. The van der Waals surface area contributed by atoms with E-state index in [1.165, 1.54) is 11.3 Å². The molecule has 0 saturated heterocycles. The van der Waals surface area contributed by atoms with E-state index in [0.29, 0.717) is 0 Å². The number of pyridine rings is 1. The van der Waals surface area contributed by atoms with Gasteiger partial charge >= 0.3 is 0 Å². The number of nitrogens with zero attached hydrogens (tertiary/aromatic N) is 2. The molecule has 1 aliphatic heterocycles. The molecular weight excluding hydrogens is 224 g/mol. The van der Waals surface area contributed by atoms with Gasteiger partial charge in [-0.2, -0.15) is 0 Å². The molecule has 2 aromatic rings. The minimum Gasteiger partial charge on any atom is -0.392 e. The van der Waals surface area contributed by atoms with Crippen LogP contribution in [-0.4, -0.2) is 16.6 Å². The molecule has 0 fully saturated rings. The molecule has 0 unspecified atom stereocenters. The van der Waals surface area contributed by atoms with Gasteiger partial charge in [0.2, 0.25) is 0 Å². The first-order valence-corrected chi connectivity index (χ1v) is 6.21. The Hall–Kier alpha value is -1.87. The molecule has 18 heavy (non-hydrogen) atoms. The van der Waals surface area contributed by atoms with Crippen molar-refractivity contribution in [3.8, 4) is 0 Å². The van der Waals surface area contributed by atoms with Crippen LogP contribution in [0.4, 0.5) is 11.5 Å². The molecule has 2 heterocycles. The zero-order valence-corrected chi connectivity index (χ0v) is 10.4. The highest BCUT2D eigenvalue weighted by Gasteiger charge is 2.21. The molecule has 1 aromatic heterocycles. The first-order chi connectivity index (χ1) is 8.79. The minimum atomic E-state index is 0.0463. The van der Waals surface area contributed by atoms with Crippen LogP contribution >= 0.6 is 0 Å². The number of anilines is 2. The predicted octanol–water partition coefficient (Wildman–Crippen LogP) is 2.58. The Morgan fingerprint density at radius 3 is 2.94 bits per heavy atom. The van der Waals surface area contributed by atoms with Gasteiger partial charge in [-0.15, -0.1) is 0 Å². The van der Waals surface area contributed by atoms with Gasteiger partial charge in [0.1, 0.15) is 5.82 Å². The normalized spacial score (nSPS) is 13.8. The number of aromatic nitrogens is 1. The first-order valence-electron chi connectivity index (χ1n) is 6.21. The molecule has 3 rings (SSSR count). The number of fused-ring (bicyclic) bond motifs is 1. The van der Waals surface area contributed by atoms with Crippen LogP contribution in [0.25, 0.3) is 0 Å². The molecule has 0 aliphatic carbocycles. The molecule has 1 aliphatic rings. The van der Waals surface area contributed by atoms with Crippen LogP contribution in [0.2, 0.25) is 0 Å². The fourth-order valence-electron chi connectivity index (χ4n) is 2.55. The lowest BCUT2D eigenvalue weighted by Crippen LogP contribution is -2.16. The van der Waals surface area contributed by atoms with Crippen LogP contribution in [-0.2, 0) is 13.0 Å². The van der Waals surface area contributed by atoms with Crippen molar-refractivity contribution in [1.82, 2.24) is 4.98 Å². The number of aliphatic hydroxyl groups excluding tert-OH is 1. The molecule has 1 aromatic carbocycles. The summed E-state index contributed by atoms with van der Waals surface area (Å²) in [6.07, 6.45) is 2.82. The summed E-state index contributed by atoms with van der Waals surface area (Å²) >= 11 is 0. The van der Waals surface area contributed by atoms with E-state index in [0.717, 1.165) is 29.9 Å². The quantitative estimate of drug-likeness (QED) is 0.876. The number of benzene rings is 1. The minimum absolute atomic E-state index is 0.0463. The lowest BCUT2D eigenvalue weighted by molar-refractivity contribution is 0.281. The van der Waals surface area contributed by atoms with Crippen molar-refractivity contribution in [2.45, 2.75) is 20.0 Å². The molecule has 0 spiro atoms. The number of aliphatic hydroxyl groups is 1. The van der Waals surface area contributed by atoms with E-state index in [1.807, 2.05) is 13.0 Å². The van der Waals surface area contributed by atoms with E-state index in [4.69, 9.17) is 5.11 Å². The van der Waals surface area contributed by atoms with Crippen molar-refractivity contribution in [2.24, 2.45) is 0 Å². The van der Waals surface area contributed by atoms with Crippen LogP contribution in [0, 0.1) is 6.92 Å². The van der Waals surface area contributed by atoms with Crippen molar-refractivity contribution >= 4 is 11.5 Å². The highest BCUT2D eigenvalue weighted by Crippen LogP contribution is 2.34. The van der Waals surface area contributed by atoms with Gasteiger partial charge in [-0.05, 0) is 42.2 Å². The molecule has 0 radical (unpaired) electrons. The Labute approximate surface area is 107 Å². The molecule has 0 saturated carbocycles. The van der Waals surface area contributed by atoms with Gasteiger partial charge in [0.05, 0.1) is 6.61 Å². The summed E-state index contributed by atoms with van der Waals surface area (Å²) in [5, 5.41) is 9.12. The maximum absolute atomic E-state index is 9.12. The maximum Gasteiger partial charge on any atom is 0.135 e. The number of para-hydroxylation sites is 1. The van der Waals surface area contributed by atoms with E-state index in [9.17, 15) is 0 Å². The average molecular weight is 240 g/mol. The van der Waals surface area contributed by atoms with E-state index in [-0.39, 0.29) is 6.61 Å². The lowest BCUT2D eigenvalue weighted by atomic mass is 10.1. The van der Waals surface area contributed by atoms with Crippen LogP contribution in [0.3, 0.4) is 0 Å². The molecule has 3 nitrogen and oxygen atoms in total. The highest BCUT2D eigenvalue weighted by atomic mass is 16.3. The Bertz CT molecular complexity index is 580. The molecular formula is C15H16N2O. The van der Waals surface area contributed by atoms with E-state index < -0.39 is 0 Å². The zero-order chi connectivity index (χ0) is 12.5. The van der Waals surface area contributed by atoms with Gasteiger partial charge in [0.25, 0.3) is 0 Å². The Morgan fingerprint density at radius 1 is 1.33 bits per heavy atom. The monoisotopic (exact) mass is 240 g/mol. The van der Waals surface area contributed by atoms with Crippen LogP contribution in [0.5, 0.6) is 0 Å². The van der Waals surface area contributed by atoms with Gasteiger partial charge < -0.3 is 10.0 Å². The molecule has 92 valence electrons. The van der Waals surface area contributed by atoms with Crippen molar-refractivity contribution < 1.29 is 5.11 Å².